The Balaban J connectivity index is 1.35. The number of fused-ring (bicyclic) bond motifs is 1. The minimum absolute atomic E-state index is 0.0659. The normalized spacial score (nSPS) is 19.6. The lowest BCUT2D eigenvalue weighted by Crippen LogP contribution is -2.34. The van der Waals surface area contributed by atoms with Crippen LogP contribution in [0, 0.1) is 5.92 Å². The van der Waals surface area contributed by atoms with Gasteiger partial charge in [0.15, 0.2) is 0 Å². The van der Waals surface area contributed by atoms with Gasteiger partial charge in [0.2, 0.25) is 10.0 Å². The lowest BCUT2D eigenvalue weighted by molar-refractivity contribution is 0.397. The second-order valence-corrected chi connectivity index (χ2v) is 10.2. The SMILES string of the molecule is COc1cccc(S(=O)(=O)N2C[C@@H](Cn3ccc4nc(-c5cn[nH]c5)ccc43)C[C@@H]2C)c1. The van der Waals surface area contributed by atoms with Crippen LogP contribution in [0.15, 0.2) is 66.0 Å². The van der Waals surface area contributed by atoms with Crippen molar-refractivity contribution in [2.45, 2.75) is 30.8 Å². The number of H-pyrrole nitrogens is 1. The summed E-state index contributed by atoms with van der Waals surface area (Å²) in [5, 5.41) is 6.80. The van der Waals surface area contributed by atoms with Crippen molar-refractivity contribution in [2.24, 2.45) is 5.92 Å². The molecule has 1 aliphatic heterocycles. The van der Waals surface area contributed by atoms with Crippen LogP contribution in [-0.4, -0.2) is 52.2 Å². The Hall–Kier alpha value is -3.17. The fourth-order valence-corrected chi connectivity index (χ4v) is 6.29. The van der Waals surface area contributed by atoms with E-state index in [4.69, 9.17) is 9.72 Å². The summed E-state index contributed by atoms with van der Waals surface area (Å²) in [6.07, 6.45) is 6.41. The number of aromatic nitrogens is 4. The predicted octanol–water partition coefficient (Wildman–Crippen LogP) is 3.53. The molecule has 1 N–H and O–H groups in total. The molecule has 1 fully saturated rings. The molecule has 0 amide bonds. The number of hydrogen-bond donors (Lipinski definition) is 1. The summed E-state index contributed by atoms with van der Waals surface area (Å²) in [7, 11) is -2.05. The molecule has 5 rings (SSSR count). The molecule has 4 heterocycles. The maximum Gasteiger partial charge on any atom is 0.243 e. The van der Waals surface area contributed by atoms with Crippen molar-refractivity contribution in [3.8, 4) is 17.0 Å². The third-order valence-electron chi connectivity index (χ3n) is 6.13. The Morgan fingerprint density at radius 2 is 2.09 bits per heavy atom. The Morgan fingerprint density at radius 1 is 1.22 bits per heavy atom. The Kier molecular flexibility index (Phi) is 5.22. The van der Waals surface area contributed by atoms with E-state index in [1.54, 1.807) is 34.8 Å². The van der Waals surface area contributed by atoms with E-state index >= 15 is 0 Å². The minimum Gasteiger partial charge on any atom is -0.497 e. The number of pyridine rings is 1. The smallest absolute Gasteiger partial charge is 0.243 e. The van der Waals surface area contributed by atoms with Gasteiger partial charge in [-0.1, -0.05) is 6.07 Å². The first-order chi connectivity index (χ1) is 15.5. The number of hydrogen-bond acceptors (Lipinski definition) is 5. The molecule has 0 aliphatic carbocycles. The molecule has 1 aliphatic rings. The summed E-state index contributed by atoms with van der Waals surface area (Å²) in [5.41, 5.74) is 3.77. The number of benzene rings is 1. The quantitative estimate of drug-likeness (QED) is 0.484. The van der Waals surface area contributed by atoms with Crippen LogP contribution in [-0.2, 0) is 16.6 Å². The standard InChI is InChI=1S/C23H25N5O3S/c1-16-10-17(15-28(16)32(29,30)20-5-3-4-19(11-20)31-2)14-27-9-8-22-23(27)7-6-21(26-22)18-12-24-25-13-18/h3-9,11-13,16-17H,10,14-15H2,1-2H3,(H,24,25)/t16-,17+/m0/s1. The molecule has 0 spiro atoms. The van der Waals surface area contributed by atoms with Crippen LogP contribution in [0.4, 0.5) is 0 Å². The minimum atomic E-state index is -3.58. The Labute approximate surface area is 186 Å². The molecular formula is C23H25N5O3S. The number of nitrogens with one attached hydrogen (secondary N) is 1. The van der Waals surface area contributed by atoms with Crippen molar-refractivity contribution in [3.63, 3.8) is 0 Å². The van der Waals surface area contributed by atoms with Gasteiger partial charge in [-0.2, -0.15) is 9.40 Å². The number of sulfonamides is 1. The molecule has 1 saturated heterocycles. The van der Waals surface area contributed by atoms with E-state index in [0.717, 1.165) is 35.3 Å². The van der Waals surface area contributed by atoms with Crippen LogP contribution in [0.1, 0.15) is 13.3 Å². The lowest BCUT2D eigenvalue weighted by atomic mass is 10.1. The van der Waals surface area contributed by atoms with Crippen LogP contribution in [0.25, 0.3) is 22.3 Å². The van der Waals surface area contributed by atoms with E-state index in [0.29, 0.717) is 12.3 Å². The highest BCUT2D eigenvalue weighted by Crippen LogP contribution is 2.32. The van der Waals surface area contributed by atoms with Crippen LogP contribution in [0.3, 0.4) is 0 Å². The monoisotopic (exact) mass is 451 g/mol. The molecule has 166 valence electrons. The fourth-order valence-electron chi connectivity index (χ4n) is 4.54. The third kappa shape index (κ3) is 3.67. The number of nitrogens with zero attached hydrogens (tertiary/aromatic N) is 4. The van der Waals surface area contributed by atoms with Gasteiger partial charge in [-0.25, -0.2) is 13.4 Å². The third-order valence-corrected chi connectivity index (χ3v) is 8.10. The summed E-state index contributed by atoms with van der Waals surface area (Å²) >= 11 is 0. The second kappa shape index (κ2) is 8.07. The van der Waals surface area contributed by atoms with E-state index in [2.05, 4.69) is 20.8 Å². The molecule has 3 aromatic heterocycles. The van der Waals surface area contributed by atoms with Gasteiger partial charge in [-0.15, -0.1) is 0 Å². The molecule has 9 heteroatoms. The lowest BCUT2D eigenvalue weighted by Gasteiger charge is -2.21. The van der Waals surface area contributed by atoms with E-state index < -0.39 is 10.0 Å². The first-order valence-electron chi connectivity index (χ1n) is 10.6. The van der Waals surface area contributed by atoms with Gasteiger partial charge < -0.3 is 9.30 Å². The summed E-state index contributed by atoms with van der Waals surface area (Å²) in [6, 6.07) is 12.7. The molecule has 8 nitrogen and oxygen atoms in total. The fraction of sp³-hybridized carbons (Fsp3) is 0.304. The van der Waals surface area contributed by atoms with Gasteiger partial charge >= 0.3 is 0 Å². The van der Waals surface area contributed by atoms with Crippen molar-refractivity contribution in [1.29, 1.82) is 0 Å². The summed E-state index contributed by atoms with van der Waals surface area (Å²) < 4.78 is 35.5. The van der Waals surface area contributed by atoms with E-state index in [-0.39, 0.29) is 16.9 Å². The maximum absolute atomic E-state index is 13.3. The van der Waals surface area contributed by atoms with E-state index in [1.807, 2.05) is 31.5 Å². The highest BCUT2D eigenvalue weighted by Gasteiger charge is 2.38. The van der Waals surface area contributed by atoms with Crippen LogP contribution >= 0.6 is 0 Å². The predicted molar refractivity (Wildman–Crippen MR) is 122 cm³/mol. The topological polar surface area (TPSA) is 93.1 Å². The van der Waals surface area contributed by atoms with Crippen LogP contribution in [0.5, 0.6) is 5.75 Å². The number of aromatic amines is 1. The molecule has 32 heavy (non-hydrogen) atoms. The highest BCUT2D eigenvalue weighted by atomic mass is 32.2. The van der Waals surface area contributed by atoms with Crippen molar-refractivity contribution in [3.05, 3.63) is 61.1 Å². The maximum atomic E-state index is 13.3. The Morgan fingerprint density at radius 3 is 2.88 bits per heavy atom. The van der Waals surface area contributed by atoms with E-state index in [9.17, 15) is 8.42 Å². The number of methoxy groups -OCH3 is 1. The molecule has 2 atom stereocenters. The molecule has 0 radical (unpaired) electrons. The molecule has 4 aromatic rings. The van der Waals surface area contributed by atoms with Crippen molar-refractivity contribution >= 4 is 21.1 Å². The molecule has 1 aromatic carbocycles. The highest BCUT2D eigenvalue weighted by molar-refractivity contribution is 7.89. The Bertz CT molecular complexity index is 1350. The van der Waals surface area contributed by atoms with Gasteiger partial charge in [0.05, 0.1) is 34.9 Å². The first-order valence-corrected chi connectivity index (χ1v) is 12.0. The van der Waals surface area contributed by atoms with Crippen molar-refractivity contribution in [1.82, 2.24) is 24.1 Å². The van der Waals surface area contributed by atoms with Gasteiger partial charge in [0, 0.05) is 43.2 Å². The summed E-state index contributed by atoms with van der Waals surface area (Å²) in [4.78, 5) is 5.01. The van der Waals surface area contributed by atoms with Gasteiger partial charge in [-0.05, 0) is 49.6 Å². The van der Waals surface area contributed by atoms with Crippen molar-refractivity contribution < 1.29 is 13.2 Å². The largest absolute Gasteiger partial charge is 0.497 e. The zero-order chi connectivity index (χ0) is 22.3. The second-order valence-electron chi connectivity index (χ2n) is 8.26. The van der Waals surface area contributed by atoms with Crippen molar-refractivity contribution in [2.75, 3.05) is 13.7 Å². The molecule has 0 unspecified atom stereocenters. The summed E-state index contributed by atoms with van der Waals surface area (Å²) in [6.45, 7) is 3.20. The average Bonchev–Trinajstić information content (AvgIpc) is 3.54. The number of rotatable bonds is 6. The molecule has 0 saturated carbocycles. The van der Waals surface area contributed by atoms with E-state index in [1.165, 1.54) is 7.11 Å². The average molecular weight is 452 g/mol. The zero-order valence-corrected chi connectivity index (χ0v) is 18.8. The van der Waals surface area contributed by atoms with Crippen LogP contribution < -0.4 is 4.74 Å². The summed E-state index contributed by atoms with van der Waals surface area (Å²) in [5.74, 6) is 0.755. The van der Waals surface area contributed by atoms with Gasteiger partial charge in [0.25, 0.3) is 0 Å². The number of ether oxygens (including phenoxy) is 1. The van der Waals surface area contributed by atoms with Crippen LogP contribution in [0.2, 0.25) is 0 Å². The van der Waals surface area contributed by atoms with Gasteiger partial charge in [0.1, 0.15) is 5.75 Å². The molecular weight excluding hydrogens is 426 g/mol. The first kappa shape index (κ1) is 20.7. The zero-order valence-electron chi connectivity index (χ0n) is 18.0. The molecule has 0 bridgehead atoms. The van der Waals surface area contributed by atoms with Gasteiger partial charge in [-0.3, -0.25) is 5.10 Å².